The van der Waals surface area contributed by atoms with E-state index in [4.69, 9.17) is 4.74 Å². The summed E-state index contributed by atoms with van der Waals surface area (Å²) in [6.07, 6.45) is -3.71. The molecule has 0 amide bonds. The number of nitrogens with zero attached hydrogens (tertiary/aromatic N) is 1. The van der Waals surface area contributed by atoms with Gasteiger partial charge in [0.05, 0.1) is 0 Å². The largest absolute Gasteiger partial charge is 0.388 e. The molecule has 2 atom stereocenters. The molecule has 21 heavy (non-hydrogen) atoms. The number of aromatic amines is 1. The number of aliphatic hydroxyl groups is 2. The molecular weight excluding hydrogens is 287 g/mol. The van der Waals surface area contributed by atoms with E-state index in [1.54, 1.807) is 0 Å². The number of alkyl halides is 1. The first kappa shape index (κ1) is 17.2. The van der Waals surface area contributed by atoms with Gasteiger partial charge in [0.25, 0.3) is 5.56 Å². The number of ketones is 1. The number of aromatic nitrogens is 2. The van der Waals surface area contributed by atoms with Crippen LogP contribution in [0, 0.1) is 0 Å². The first-order valence-corrected chi connectivity index (χ1v) is 6.12. The van der Waals surface area contributed by atoms with Gasteiger partial charge in [-0.25, -0.2) is 9.18 Å². The van der Waals surface area contributed by atoms with E-state index in [2.05, 4.69) is 0 Å². The molecule has 1 rings (SSSR count). The number of H-pyrrole nitrogens is 1. The molecule has 0 saturated carbocycles. The van der Waals surface area contributed by atoms with Crippen LogP contribution >= 0.6 is 0 Å². The zero-order valence-electron chi connectivity index (χ0n) is 11.6. The normalized spacial score (nSPS) is 14.7. The van der Waals surface area contributed by atoms with Crippen molar-refractivity contribution in [2.24, 2.45) is 0 Å². The standard InChI is InChI=1S/C12H17FN2O6/c1-12(2,20)21-6-7(16)5-8(17)10(13)15-4-3-9(18)14-11(15)19/h3-4,8,10,17,20H,5-6H2,1-2H3,(H,14,18,19). The molecule has 0 radical (unpaired) electrons. The Kier molecular flexibility index (Phi) is 5.53. The molecule has 0 aromatic carbocycles. The minimum Gasteiger partial charge on any atom is -0.388 e. The lowest BCUT2D eigenvalue weighted by Crippen LogP contribution is -2.36. The zero-order valence-corrected chi connectivity index (χ0v) is 11.6. The van der Waals surface area contributed by atoms with E-state index in [1.165, 1.54) is 13.8 Å². The highest BCUT2D eigenvalue weighted by Gasteiger charge is 2.25. The van der Waals surface area contributed by atoms with Crippen LogP contribution in [0.3, 0.4) is 0 Å². The van der Waals surface area contributed by atoms with Crippen LogP contribution in [-0.4, -0.2) is 44.0 Å². The van der Waals surface area contributed by atoms with Crippen molar-refractivity contribution in [2.75, 3.05) is 6.61 Å². The third-order valence-electron chi connectivity index (χ3n) is 2.46. The topological polar surface area (TPSA) is 122 Å². The number of halogens is 1. The van der Waals surface area contributed by atoms with E-state index in [0.29, 0.717) is 4.57 Å². The maximum absolute atomic E-state index is 13.9. The van der Waals surface area contributed by atoms with Crippen LogP contribution < -0.4 is 11.2 Å². The summed E-state index contributed by atoms with van der Waals surface area (Å²) in [5, 5.41) is 18.9. The van der Waals surface area contributed by atoms with E-state index in [9.17, 15) is 29.0 Å². The molecule has 0 bridgehead atoms. The predicted octanol–water partition coefficient (Wildman–Crippen LogP) is -0.930. The van der Waals surface area contributed by atoms with Gasteiger partial charge >= 0.3 is 5.69 Å². The second kappa shape index (κ2) is 6.74. The van der Waals surface area contributed by atoms with Crippen molar-refractivity contribution in [3.8, 4) is 0 Å². The van der Waals surface area contributed by atoms with Gasteiger partial charge in [-0.2, -0.15) is 0 Å². The van der Waals surface area contributed by atoms with Crippen molar-refractivity contribution in [3.05, 3.63) is 33.1 Å². The fourth-order valence-corrected chi connectivity index (χ4v) is 1.45. The molecule has 0 spiro atoms. The van der Waals surface area contributed by atoms with Gasteiger partial charge in [0.15, 0.2) is 11.6 Å². The number of rotatable bonds is 7. The van der Waals surface area contributed by atoms with Crippen LogP contribution in [0.2, 0.25) is 0 Å². The third kappa shape index (κ3) is 5.58. The van der Waals surface area contributed by atoms with Crippen molar-refractivity contribution in [1.29, 1.82) is 0 Å². The lowest BCUT2D eigenvalue weighted by Gasteiger charge is -2.19. The molecule has 9 heteroatoms. The number of carbonyl (C=O) groups is 1. The van der Waals surface area contributed by atoms with Crippen LogP contribution in [0.5, 0.6) is 0 Å². The zero-order chi connectivity index (χ0) is 16.2. The van der Waals surface area contributed by atoms with Crippen molar-refractivity contribution in [2.45, 2.75) is 38.5 Å². The second-order valence-corrected chi connectivity index (χ2v) is 4.94. The number of carbonyl (C=O) groups excluding carboxylic acids is 1. The molecule has 0 aliphatic carbocycles. The fraction of sp³-hybridized carbons (Fsp3) is 0.583. The Labute approximate surface area is 118 Å². The van der Waals surface area contributed by atoms with Crippen LogP contribution in [0.1, 0.15) is 26.6 Å². The van der Waals surface area contributed by atoms with Gasteiger partial charge < -0.3 is 14.9 Å². The molecule has 1 aromatic rings. The van der Waals surface area contributed by atoms with Crippen molar-refractivity contribution in [1.82, 2.24) is 9.55 Å². The number of hydrogen-bond acceptors (Lipinski definition) is 6. The van der Waals surface area contributed by atoms with Gasteiger partial charge in [-0.05, 0) is 13.8 Å². The highest BCUT2D eigenvalue weighted by molar-refractivity contribution is 5.80. The molecule has 0 saturated heterocycles. The summed E-state index contributed by atoms with van der Waals surface area (Å²) in [4.78, 5) is 35.5. The SMILES string of the molecule is CC(C)(O)OCC(=O)CC(O)C(F)n1ccc(=O)[nH]c1=O. The van der Waals surface area contributed by atoms with Crippen molar-refractivity contribution < 1.29 is 24.1 Å². The summed E-state index contributed by atoms with van der Waals surface area (Å²) in [5.74, 6) is -2.17. The number of aliphatic hydroxyl groups excluding tert-OH is 1. The summed E-state index contributed by atoms with van der Waals surface area (Å²) in [5.41, 5.74) is -1.73. The molecule has 0 fully saturated rings. The minimum absolute atomic E-state index is 0.468. The molecule has 3 N–H and O–H groups in total. The molecular formula is C12H17FN2O6. The van der Waals surface area contributed by atoms with Crippen LogP contribution in [0.4, 0.5) is 4.39 Å². The monoisotopic (exact) mass is 304 g/mol. The quantitative estimate of drug-likeness (QED) is 0.559. The van der Waals surface area contributed by atoms with E-state index >= 15 is 0 Å². The van der Waals surface area contributed by atoms with E-state index in [0.717, 1.165) is 12.3 Å². The van der Waals surface area contributed by atoms with Crippen LogP contribution in [-0.2, 0) is 9.53 Å². The summed E-state index contributed by atoms with van der Waals surface area (Å²) >= 11 is 0. The predicted molar refractivity (Wildman–Crippen MR) is 69.3 cm³/mol. The molecule has 118 valence electrons. The lowest BCUT2D eigenvalue weighted by atomic mass is 10.1. The third-order valence-corrected chi connectivity index (χ3v) is 2.46. The summed E-state index contributed by atoms with van der Waals surface area (Å²) in [6, 6.07) is 0.917. The van der Waals surface area contributed by atoms with Gasteiger partial charge in [0.1, 0.15) is 12.7 Å². The molecule has 1 heterocycles. The first-order chi connectivity index (χ1) is 9.60. The molecule has 0 aliphatic heterocycles. The van der Waals surface area contributed by atoms with Gasteiger partial charge in [-0.1, -0.05) is 0 Å². The Balaban J connectivity index is 2.66. The molecule has 8 nitrogen and oxygen atoms in total. The number of ether oxygens (including phenoxy) is 1. The second-order valence-electron chi connectivity index (χ2n) is 4.94. The Hall–Kier alpha value is -1.84. The van der Waals surface area contributed by atoms with Gasteiger partial charge in [0.2, 0.25) is 6.30 Å². The summed E-state index contributed by atoms with van der Waals surface area (Å²) in [6.45, 7) is 2.12. The molecule has 1 aromatic heterocycles. The van der Waals surface area contributed by atoms with Gasteiger partial charge in [-0.15, -0.1) is 0 Å². The Morgan fingerprint density at radius 2 is 2.14 bits per heavy atom. The van der Waals surface area contributed by atoms with E-state index in [1.807, 2.05) is 4.98 Å². The first-order valence-electron chi connectivity index (χ1n) is 6.12. The van der Waals surface area contributed by atoms with Crippen molar-refractivity contribution >= 4 is 5.78 Å². The average molecular weight is 304 g/mol. The Bertz CT molecular complexity index is 603. The molecule has 0 aliphatic rings. The highest BCUT2D eigenvalue weighted by atomic mass is 19.1. The van der Waals surface area contributed by atoms with E-state index < -0.39 is 48.2 Å². The molecule has 2 unspecified atom stereocenters. The van der Waals surface area contributed by atoms with E-state index in [-0.39, 0.29) is 0 Å². The highest BCUT2D eigenvalue weighted by Crippen LogP contribution is 2.14. The minimum atomic E-state index is -2.19. The maximum atomic E-state index is 13.9. The maximum Gasteiger partial charge on any atom is 0.330 e. The number of nitrogens with one attached hydrogen (secondary N) is 1. The average Bonchev–Trinajstić information content (AvgIpc) is 2.34. The Morgan fingerprint density at radius 1 is 1.52 bits per heavy atom. The fourth-order valence-electron chi connectivity index (χ4n) is 1.45. The smallest absolute Gasteiger partial charge is 0.330 e. The van der Waals surface area contributed by atoms with Crippen LogP contribution in [0.15, 0.2) is 21.9 Å². The summed E-state index contributed by atoms with van der Waals surface area (Å²) < 4.78 is 19.1. The number of hydrogen-bond donors (Lipinski definition) is 3. The Morgan fingerprint density at radius 3 is 2.67 bits per heavy atom. The van der Waals surface area contributed by atoms with Gasteiger partial charge in [-0.3, -0.25) is 19.1 Å². The lowest BCUT2D eigenvalue weighted by molar-refractivity contribution is -0.181. The van der Waals surface area contributed by atoms with Gasteiger partial charge in [0, 0.05) is 18.7 Å². The summed E-state index contributed by atoms with van der Waals surface area (Å²) in [7, 11) is 0. The van der Waals surface area contributed by atoms with Crippen LogP contribution in [0.25, 0.3) is 0 Å². The van der Waals surface area contributed by atoms with Crippen molar-refractivity contribution in [3.63, 3.8) is 0 Å². The number of Topliss-reactive ketones (excluding diaryl/α,β-unsaturated/α-hetero) is 1.